The van der Waals surface area contributed by atoms with Gasteiger partial charge in [0.25, 0.3) is 5.91 Å². The average molecular weight is 241 g/mol. The molecule has 1 aromatic rings. The number of anilines is 1. The van der Waals surface area contributed by atoms with Gasteiger partial charge in [-0.25, -0.2) is 0 Å². The van der Waals surface area contributed by atoms with Crippen molar-refractivity contribution in [1.29, 1.82) is 0 Å². The van der Waals surface area contributed by atoms with Crippen molar-refractivity contribution in [3.63, 3.8) is 0 Å². The topological polar surface area (TPSA) is 41.1 Å². The van der Waals surface area contributed by atoms with E-state index >= 15 is 0 Å². The van der Waals surface area contributed by atoms with E-state index in [1.807, 2.05) is 0 Å². The first-order valence-electron chi connectivity index (χ1n) is 5.44. The van der Waals surface area contributed by atoms with Gasteiger partial charge in [-0.15, -0.1) is 0 Å². The molecule has 1 rings (SSSR count). The van der Waals surface area contributed by atoms with E-state index < -0.39 is 0 Å². The Morgan fingerprint density at radius 1 is 1.44 bits per heavy atom. The first-order chi connectivity index (χ1) is 7.69. The second-order valence-electron chi connectivity index (χ2n) is 3.55. The van der Waals surface area contributed by atoms with Crippen LogP contribution in [0.1, 0.15) is 30.1 Å². The molecular formula is C12H17ClN2O. The Labute approximate surface area is 101 Å². The maximum Gasteiger partial charge on any atom is 0.251 e. The summed E-state index contributed by atoms with van der Waals surface area (Å²) >= 11 is 6.03. The van der Waals surface area contributed by atoms with Gasteiger partial charge in [-0.2, -0.15) is 0 Å². The largest absolute Gasteiger partial charge is 0.384 e. The Balaban J connectivity index is 2.78. The predicted octanol–water partition coefficient (Wildman–Crippen LogP) is 2.91. The van der Waals surface area contributed by atoms with Crippen LogP contribution in [0.15, 0.2) is 18.2 Å². The van der Waals surface area contributed by atoms with E-state index in [2.05, 4.69) is 17.6 Å². The predicted molar refractivity (Wildman–Crippen MR) is 68.2 cm³/mol. The summed E-state index contributed by atoms with van der Waals surface area (Å²) in [6.45, 7) is 3.00. The molecule has 3 nitrogen and oxygen atoms in total. The zero-order chi connectivity index (χ0) is 12.0. The number of hydrogen-bond donors (Lipinski definition) is 2. The third kappa shape index (κ3) is 3.42. The Morgan fingerprint density at radius 3 is 2.81 bits per heavy atom. The Kier molecular flexibility index (Phi) is 5.12. The highest BCUT2D eigenvalue weighted by Crippen LogP contribution is 2.23. The maximum atomic E-state index is 11.4. The summed E-state index contributed by atoms with van der Waals surface area (Å²) in [5, 5.41) is 6.45. The minimum Gasteiger partial charge on any atom is -0.384 e. The molecule has 0 saturated heterocycles. The molecule has 2 N–H and O–H groups in total. The Morgan fingerprint density at radius 2 is 2.19 bits per heavy atom. The van der Waals surface area contributed by atoms with Gasteiger partial charge in [0.05, 0.1) is 10.7 Å². The van der Waals surface area contributed by atoms with Gasteiger partial charge in [0, 0.05) is 19.2 Å². The van der Waals surface area contributed by atoms with Gasteiger partial charge in [0.15, 0.2) is 0 Å². The van der Waals surface area contributed by atoms with E-state index in [4.69, 9.17) is 11.6 Å². The van der Waals surface area contributed by atoms with Crippen LogP contribution in [-0.2, 0) is 0 Å². The minimum absolute atomic E-state index is 0.102. The zero-order valence-electron chi connectivity index (χ0n) is 9.64. The summed E-state index contributed by atoms with van der Waals surface area (Å²) < 4.78 is 0. The van der Waals surface area contributed by atoms with E-state index in [0.717, 1.165) is 25.1 Å². The fourth-order valence-electron chi connectivity index (χ4n) is 1.35. The second-order valence-corrected chi connectivity index (χ2v) is 3.96. The van der Waals surface area contributed by atoms with Gasteiger partial charge >= 0.3 is 0 Å². The maximum absolute atomic E-state index is 11.4. The molecule has 88 valence electrons. The van der Waals surface area contributed by atoms with Crippen LogP contribution in [0.25, 0.3) is 0 Å². The van der Waals surface area contributed by atoms with Crippen molar-refractivity contribution in [1.82, 2.24) is 5.32 Å². The molecule has 0 atom stereocenters. The quantitative estimate of drug-likeness (QED) is 0.777. The Hall–Kier alpha value is -1.22. The molecular weight excluding hydrogens is 224 g/mol. The third-order valence-electron chi connectivity index (χ3n) is 2.30. The number of halogens is 1. The molecule has 1 aromatic carbocycles. The molecule has 0 spiro atoms. The fourth-order valence-corrected chi connectivity index (χ4v) is 1.53. The van der Waals surface area contributed by atoms with Crippen molar-refractivity contribution in [3.8, 4) is 0 Å². The summed E-state index contributed by atoms with van der Waals surface area (Å²) in [7, 11) is 1.61. The smallest absolute Gasteiger partial charge is 0.251 e. The van der Waals surface area contributed by atoms with Crippen LogP contribution in [0.5, 0.6) is 0 Å². The summed E-state index contributed by atoms with van der Waals surface area (Å²) in [4.78, 5) is 11.4. The molecule has 0 aliphatic heterocycles. The summed E-state index contributed by atoms with van der Waals surface area (Å²) in [5.41, 5.74) is 1.43. The number of carbonyl (C=O) groups is 1. The molecule has 0 unspecified atom stereocenters. The molecule has 0 aromatic heterocycles. The van der Waals surface area contributed by atoms with E-state index in [1.54, 1.807) is 25.2 Å². The standard InChI is InChI=1S/C12H17ClN2O/c1-3-4-7-15-11-8-9(12(16)14-2)5-6-10(11)13/h5-6,8,15H,3-4,7H2,1-2H3,(H,14,16). The first-order valence-corrected chi connectivity index (χ1v) is 5.82. The van der Waals surface area contributed by atoms with E-state index in [9.17, 15) is 4.79 Å². The highest BCUT2D eigenvalue weighted by atomic mass is 35.5. The number of unbranched alkanes of at least 4 members (excludes halogenated alkanes) is 1. The SMILES string of the molecule is CCCCNc1cc(C(=O)NC)ccc1Cl. The highest BCUT2D eigenvalue weighted by Gasteiger charge is 2.06. The molecule has 0 heterocycles. The summed E-state index contributed by atoms with van der Waals surface area (Å²) in [6, 6.07) is 5.23. The molecule has 0 radical (unpaired) electrons. The lowest BCUT2D eigenvalue weighted by molar-refractivity contribution is 0.0963. The minimum atomic E-state index is -0.102. The molecule has 16 heavy (non-hydrogen) atoms. The number of amides is 1. The molecule has 0 aliphatic rings. The second kappa shape index (κ2) is 6.38. The number of rotatable bonds is 5. The molecule has 0 bridgehead atoms. The van der Waals surface area contributed by atoms with Crippen molar-refractivity contribution >= 4 is 23.2 Å². The van der Waals surface area contributed by atoms with Crippen molar-refractivity contribution < 1.29 is 4.79 Å². The molecule has 0 aliphatic carbocycles. The summed E-state index contributed by atoms with van der Waals surface area (Å²) in [6.07, 6.45) is 2.21. The van der Waals surface area contributed by atoms with Gasteiger partial charge in [0.2, 0.25) is 0 Å². The third-order valence-corrected chi connectivity index (χ3v) is 2.63. The lowest BCUT2D eigenvalue weighted by Crippen LogP contribution is -2.18. The zero-order valence-corrected chi connectivity index (χ0v) is 10.4. The molecule has 4 heteroatoms. The Bertz CT molecular complexity index is 366. The van der Waals surface area contributed by atoms with Crippen molar-refractivity contribution in [2.24, 2.45) is 0 Å². The number of benzene rings is 1. The lowest BCUT2D eigenvalue weighted by atomic mass is 10.2. The molecule has 0 fully saturated rings. The first kappa shape index (κ1) is 12.8. The van der Waals surface area contributed by atoms with E-state index in [0.29, 0.717) is 10.6 Å². The van der Waals surface area contributed by atoms with Crippen molar-refractivity contribution in [3.05, 3.63) is 28.8 Å². The van der Waals surface area contributed by atoms with Gasteiger partial charge in [0.1, 0.15) is 0 Å². The highest BCUT2D eigenvalue weighted by molar-refractivity contribution is 6.33. The van der Waals surface area contributed by atoms with Crippen LogP contribution in [0.3, 0.4) is 0 Å². The van der Waals surface area contributed by atoms with E-state index in [-0.39, 0.29) is 5.91 Å². The average Bonchev–Trinajstić information content (AvgIpc) is 2.31. The van der Waals surface area contributed by atoms with Crippen LogP contribution in [0.4, 0.5) is 5.69 Å². The van der Waals surface area contributed by atoms with E-state index in [1.165, 1.54) is 0 Å². The van der Waals surface area contributed by atoms with Crippen LogP contribution in [0, 0.1) is 0 Å². The molecule has 0 saturated carbocycles. The van der Waals surface area contributed by atoms with Gasteiger partial charge in [-0.05, 0) is 24.6 Å². The van der Waals surface area contributed by atoms with Crippen LogP contribution >= 0.6 is 11.6 Å². The normalized spacial score (nSPS) is 9.94. The lowest BCUT2D eigenvalue weighted by Gasteiger charge is -2.09. The van der Waals surface area contributed by atoms with Gasteiger partial charge in [-0.3, -0.25) is 4.79 Å². The molecule has 1 amide bonds. The number of hydrogen-bond acceptors (Lipinski definition) is 2. The fraction of sp³-hybridized carbons (Fsp3) is 0.417. The number of carbonyl (C=O) groups excluding carboxylic acids is 1. The van der Waals surface area contributed by atoms with Crippen LogP contribution < -0.4 is 10.6 Å². The van der Waals surface area contributed by atoms with Gasteiger partial charge < -0.3 is 10.6 Å². The van der Waals surface area contributed by atoms with Gasteiger partial charge in [-0.1, -0.05) is 24.9 Å². The number of nitrogens with one attached hydrogen (secondary N) is 2. The van der Waals surface area contributed by atoms with Crippen LogP contribution in [-0.4, -0.2) is 19.5 Å². The van der Waals surface area contributed by atoms with Crippen LogP contribution in [0.2, 0.25) is 5.02 Å². The van der Waals surface area contributed by atoms with Crippen molar-refractivity contribution in [2.45, 2.75) is 19.8 Å². The van der Waals surface area contributed by atoms with Crippen molar-refractivity contribution in [2.75, 3.05) is 18.9 Å². The summed E-state index contributed by atoms with van der Waals surface area (Å²) in [5.74, 6) is -0.102. The monoisotopic (exact) mass is 240 g/mol.